The van der Waals surface area contributed by atoms with Crippen molar-refractivity contribution >= 4 is 0 Å². The van der Waals surface area contributed by atoms with Crippen molar-refractivity contribution < 1.29 is 19.7 Å². The van der Waals surface area contributed by atoms with Gasteiger partial charge in [-0.3, -0.25) is 0 Å². The molecule has 0 heterocycles. The minimum absolute atomic E-state index is 0.00634. The highest BCUT2D eigenvalue weighted by atomic mass is 16.5. The Morgan fingerprint density at radius 3 is 0.810 bits per heavy atom. The van der Waals surface area contributed by atoms with E-state index in [1.807, 2.05) is 0 Å². The fourth-order valence-electron chi connectivity index (χ4n) is 7.62. The number of phenolic OH excluding ortho intramolecular Hbond substituents is 2. The van der Waals surface area contributed by atoms with Gasteiger partial charge in [-0.25, -0.2) is 0 Å². The number of hydrogen-bond donors (Lipinski definition) is 2. The minimum Gasteiger partial charge on any atom is -0.504 e. The molecule has 0 unspecified atom stereocenters. The van der Waals surface area contributed by atoms with E-state index in [2.05, 4.69) is 137 Å². The van der Waals surface area contributed by atoms with Crippen LogP contribution >= 0.6 is 0 Å². The van der Waals surface area contributed by atoms with Crippen molar-refractivity contribution in [2.24, 2.45) is 0 Å². The third kappa shape index (κ3) is 26.3. The van der Waals surface area contributed by atoms with Crippen molar-refractivity contribution in [3.63, 3.8) is 0 Å². The first-order valence-electron chi connectivity index (χ1n) is 24.2. The molecule has 0 spiro atoms. The summed E-state index contributed by atoms with van der Waals surface area (Å²) in [6.07, 6.45) is 44.6. The number of rotatable bonds is 31. The summed E-state index contributed by atoms with van der Waals surface area (Å²) in [5.41, 5.74) is 15.9. The highest BCUT2D eigenvalue weighted by Gasteiger charge is 2.22. The van der Waals surface area contributed by atoms with Gasteiger partial charge >= 0.3 is 0 Å². The summed E-state index contributed by atoms with van der Waals surface area (Å²) in [5, 5.41) is 21.3. The fourth-order valence-corrected chi connectivity index (χ4v) is 7.62. The van der Waals surface area contributed by atoms with Crippen LogP contribution in [0.5, 0.6) is 23.0 Å². The molecule has 1 aromatic carbocycles. The van der Waals surface area contributed by atoms with Gasteiger partial charge in [-0.1, -0.05) is 116 Å². The maximum atomic E-state index is 10.7. The van der Waals surface area contributed by atoms with E-state index in [0.717, 1.165) is 96.3 Å². The summed E-state index contributed by atoms with van der Waals surface area (Å²) in [4.78, 5) is 0. The molecule has 0 fully saturated rings. The average Bonchev–Trinajstić information content (AvgIpc) is 3.21. The maximum absolute atomic E-state index is 10.7. The van der Waals surface area contributed by atoms with E-state index in [9.17, 15) is 10.2 Å². The number of methoxy groups -OCH3 is 2. The van der Waals surface area contributed by atoms with Crippen LogP contribution in [-0.2, 0) is 6.42 Å². The van der Waals surface area contributed by atoms with Gasteiger partial charge < -0.3 is 19.7 Å². The highest BCUT2D eigenvalue weighted by Crippen LogP contribution is 2.48. The molecule has 0 radical (unpaired) electrons. The van der Waals surface area contributed by atoms with E-state index < -0.39 is 0 Å². The summed E-state index contributed by atoms with van der Waals surface area (Å²) in [6.45, 7) is 26.5. The van der Waals surface area contributed by atoms with Crippen LogP contribution in [0, 0.1) is 6.92 Å². The summed E-state index contributed by atoms with van der Waals surface area (Å²) < 4.78 is 10.5. The lowest BCUT2D eigenvalue weighted by molar-refractivity contribution is 0.314. The van der Waals surface area contributed by atoms with Crippen molar-refractivity contribution in [1.29, 1.82) is 0 Å². The molecular weight excluding hydrogens is 773 g/mol. The first-order valence-corrected chi connectivity index (χ1v) is 24.2. The van der Waals surface area contributed by atoms with E-state index in [4.69, 9.17) is 9.47 Å². The van der Waals surface area contributed by atoms with E-state index in [0.29, 0.717) is 17.5 Å². The van der Waals surface area contributed by atoms with Gasteiger partial charge in [0.1, 0.15) is 0 Å². The van der Waals surface area contributed by atoms with Gasteiger partial charge in [-0.15, -0.1) is 0 Å². The Bertz CT molecular complexity index is 1840. The van der Waals surface area contributed by atoms with Crippen molar-refractivity contribution in [2.45, 2.75) is 205 Å². The molecule has 1 aromatic rings. The molecule has 0 aliphatic heterocycles. The van der Waals surface area contributed by atoms with Crippen LogP contribution in [0.15, 0.2) is 116 Å². The second-order valence-electron chi connectivity index (χ2n) is 18.7. The molecule has 2 N–H and O–H groups in total. The molecule has 0 saturated carbocycles. The second-order valence-corrected chi connectivity index (χ2v) is 18.7. The lowest BCUT2D eigenvalue weighted by atomic mass is 9.99. The van der Waals surface area contributed by atoms with E-state index in [-0.39, 0.29) is 23.0 Å². The predicted molar refractivity (Wildman–Crippen MR) is 278 cm³/mol. The molecule has 4 heteroatoms. The largest absolute Gasteiger partial charge is 0.504 e. The first kappa shape index (κ1) is 56.8. The van der Waals surface area contributed by atoms with Gasteiger partial charge in [0, 0.05) is 11.1 Å². The van der Waals surface area contributed by atoms with Crippen molar-refractivity contribution in [3.05, 3.63) is 128 Å². The molecular formula is C59H92O4. The molecule has 352 valence electrons. The Balaban J connectivity index is 2.32. The Morgan fingerprint density at radius 2 is 0.571 bits per heavy atom. The van der Waals surface area contributed by atoms with Crippen LogP contribution in [-0.4, -0.2) is 24.4 Å². The van der Waals surface area contributed by atoms with Crippen LogP contribution in [0.25, 0.3) is 0 Å². The zero-order chi connectivity index (χ0) is 47.2. The van der Waals surface area contributed by atoms with Gasteiger partial charge in [0.2, 0.25) is 11.5 Å². The molecule has 0 bridgehead atoms. The smallest absolute Gasteiger partial charge is 0.207 e. The average molecular weight is 865 g/mol. The monoisotopic (exact) mass is 865 g/mol. The maximum Gasteiger partial charge on any atom is 0.207 e. The zero-order valence-electron chi connectivity index (χ0n) is 42.9. The normalized spacial score (nSPS) is 14.2. The van der Waals surface area contributed by atoms with Gasteiger partial charge in [0.15, 0.2) is 11.5 Å². The Morgan fingerprint density at radius 1 is 0.349 bits per heavy atom. The van der Waals surface area contributed by atoms with Crippen molar-refractivity contribution in [1.82, 2.24) is 0 Å². The summed E-state index contributed by atoms with van der Waals surface area (Å²) >= 11 is 0. The Labute approximate surface area is 388 Å². The van der Waals surface area contributed by atoms with Crippen LogP contribution < -0.4 is 9.47 Å². The molecule has 0 atom stereocenters. The van der Waals surface area contributed by atoms with Crippen LogP contribution in [0.4, 0.5) is 0 Å². The molecule has 0 aliphatic rings. The number of allylic oxidation sites excluding steroid dienone is 20. The summed E-state index contributed by atoms with van der Waals surface area (Å²) in [6, 6.07) is 0. The van der Waals surface area contributed by atoms with E-state index >= 15 is 0 Å². The third-order valence-electron chi connectivity index (χ3n) is 12.1. The van der Waals surface area contributed by atoms with Crippen LogP contribution in [0.1, 0.15) is 203 Å². The number of hydrogen-bond acceptors (Lipinski definition) is 4. The van der Waals surface area contributed by atoms with Crippen molar-refractivity contribution in [2.75, 3.05) is 14.2 Å². The first-order chi connectivity index (χ1) is 30.0. The second kappa shape index (κ2) is 33.3. The quantitative estimate of drug-likeness (QED) is 0.0577. The SMILES string of the molecule is COc1c(O)c(C)c(C/C=C(\C)CC/C=C(/C)CC/C=C(\C)CC/C=C(/C)CC/C=C(\C)CC/C=C(\C)CC/C=C(\C)CC/C=C(\C)CC/C=C(/C)CCC=C(C)C)c(O)c1OC. The van der Waals surface area contributed by atoms with Crippen LogP contribution in [0.3, 0.4) is 0 Å². The standard InChI is InChI=1S/C59H92O4/c1-44(2)24-15-25-45(3)26-16-27-46(4)28-17-29-47(5)30-18-31-48(6)32-19-33-49(7)34-20-35-50(8)36-21-37-51(9)38-22-39-52(10)40-23-41-53(11)42-43-55-54(12)56(60)58(62-13)59(63-14)57(55)61/h24,26,28,30,32,34,36,38,40,42,60-61H,15-23,25,27,29,31,33,35,37,39,41,43H2,1-14H3/b45-26-,46-28+,47-30+,48-32+,49-34+,50-36-,51-38+,52-40-,53-42+. The molecule has 0 aromatic heterocycles. The van der Waals surface area contributed by atoms with E-state index in [1.54, 1.807) is 6.92 Å². The number of ether oxygens (including phenoxy) is 2. The lowest BCUT2D eigenvalue weighted by Crippen LogP contribution is -1.98. The van der Waals surface area contributed by atoms with Gasteiger partial charge in [-0.05, 0) is 205 Å². The molecule has 0 aliphatic carbocycles. The van der Waals surface area contributed by atoms with Crippen molar-refractivity contribution in [3.8, 4) is 23.0 Å². The fraction of sp³-hybridized carbons (Fsp3) is 0.559. The number of benzene rings is 1. The van der Waals surface area contributed by atoms with Gasteiger partial charge in [0.25, 0.3) is 0 Å². The predicted octanol–water partition coefficient (Wildman–Crippen LogP) is 18.5. The molecule has 0 amide bonds. The topological polar surface area (TPSA) is 58.9 Å². The minimum atomic E-state index is 0.00634. The number of aromatic hydroxyl groups is 2. The lowest BCUT2D eigenvalue weighted by Gasteiger charge is -2.17. The highest BCUT2D eigenvalue weighted by molar-refractivity contribution is 5.66. The molecule has 63 heavy (non-hydrogen) atoms. The Hall–Kier alpha value is -4.18. The third-order valence-corrected chi connectivity index (χ3v) is 12.1. The van der Waals surface area contributed by atoms with Gasteiger partial charge in [-0.2, -0.15) is 0 Å². The number of phenols is 2. The summed E-state index contributed by atoms with van der Waals surface area (Å²) in [5.74, 6) is 0.356. The van der Waals surface area contributed by atoms with Crippen LogP contribution in [0.2, 0.25) is 0 Å². The van der Waals surface area contributed by atoms with Gasteiger partial charge in [0.05, 0.1) is 14.2 Å². The Kier molecular flexibility index (Phi) is 30.1. The van der Waals surface area contributed by atoms with E-state index in [1.165, 1.54) is 89.2 Å². The molecule has 4 nitrogen and oxygen atoms in total. The zero-order valence-corrected chi connectivity index (χ0v) is 42.9. The molecule has 1 rings (SSSR count). The molecule has 0 saturated heterocycles. The summed E-state index contributed by atoms with van der Waals surface area (Å²) in [7, 11) is 2.91.